The van der Waals surface area contributed by atoms with Crippen LogP contribution in [0.15, 0.2) is 54.2 Å². The predicted molar refractivity (Wildman–Crippen MR) is 133 cm³/mol. The molecule has 4 heterocycles. The number of benzene rings is 1. The Morgan fingerprint density at radius 1 is 1.06 bits per heavy atom. The van der Waals surface area contributed by atoms with Crippen LogP contribution in [-0.4, -0.2) is 38.8 Å². The van der Waals surface area contributed by atoms with E-state index in [1.54, 1.807) is 22.2 Å². The molecule has 0 radical (unpaired) electrons. The second-order valence-electron chi connectivity index (χ2n) is 9.28. The fraction of sp³-hybridized carbons (Fsp3) is 0.385. The van der Waals surface area contributed by atoms with Gasteiger partial charge in [0.05, 0.1) is 6.04 Å². The standard InChI is InChI=1S/C26H28N6OS/c33-26(19-11-13-31(14-12-19)24-10-9-23-29-27-17-32(23)30-24)28-25(22-6-3-15-34-22)21-8-7-18-4-1-2-5-20(18)16-21/h3,6-10,15-17,19,25H,1-2,4-5,11-14H2,(H,28,33). The minimum absolute atomic E-state index is 0.00924. The minimum Gasteiger partial charge on any atom is -0.355 e. The first-order valence-corrected chi connectivity index (χ1v) is 13.0. The summed E-state index contributed by atoms with van der Waals surface area (Å²) in [5.41, 5.74) is 4.85. The summed E-state index contributed by atoms with van der Waals surface area (Å²) in [6, 6.07) is 14.8. The van der Waals surface area contributed by atoms with Crippen molar-refractivity contribution in [1.82, 2.24) is 25.1 Å². The maximum absolute atomic E-state index is 13.4. The number of carbonyl (C=O) groups excluding carboxylic acids is 1. The third-order valence-electron chi connectivity index (χ3n) is 7.16. The summed E-state index contributed by atoms with van der Waals surface area (Å²) in [7, 11) is 0. The van der Waals surface area contributed by atoms with Crippen molar-refractivity contribution in [3.8, 4) is 0 Å². The zero-order valence-corrected chi connectivity index (χ0v) is 19.9. The lowest BCUT2D eigenvalue weighted by molar-refractivity contribution is -0.126. The highest BCUT2D eigenvalue weighted by molar-refractivity contribution is 7.10. The molecule has 0 saturated carbocycles. The maximum Gasteiger partial charge on any atom is 0.224 e. The molecular formula is C26H28N6OS. The molecule has 4 aromatic rings. The highest BCUT2D eigenvalue weighted by Crippen LogP contribution is 2.31. The second-order valence-corrected chi connectivity index (χ2v) is 10.3. The first kappa shape index (κ1) is 21.3. The smallest absolute Gasteiger partial charge is 0.224 e. The van der Waals surface area contributed by atoms with E-state index in [4.69, 9.17) is 0 Å². The lowest BCUT2D eigenvalue weighted by atomic mass is 9.88. The molecule has 0 spiro atoms. The van der Waals surface area contributed by atoms with Gasteiger partial charge in [0.15, 0.2) is 5.65 Å². The summed E-state index contributed by atoms with van der Waals surface area (Å²) in [5, 5.41) is 18.0. The Balaban J connectivity index is 1.15. The van der Waals surface area contributed by atoms with E-state index in [0.29, 0.717) is 0 Å². The largest absolute Gasteiger partial charge is 0.355 e. The van der Waals surface area contributed by atoms with Crippen LogP contribution in [0, 0.1) is 5.92 Å². The average molecular weight is 473 g/mol. The Kier molecular flexibility index (Phi) is 5.74. The van der Waals surface area contributed by atoms with Crippen molar-refractivity contribution in [3.05, 3.63) is 75.7 Å². The first-order chi connectivity index (χ1) is 16.7. The molecule has 1 fully saturated rings. The van der Waals surface area contributed by atoms with E-state index in [1.807, 2.05) is 12.1 Å². The molecule has 1 N–H and O–H groups in total. The second kappa shape index (κ2) is 9.18. The van der Waals surface area contributed by atoms with Crippen LogP contribution in [-0.2, 0) is 17.6 Å². The molecule has 1 saturated heterocycles. The van der Waals surface area contributed by atoms with Gasteiger partial charge in [-0.25, -0.2) is 0 Å². The van der Waals surface area contributed by atoms with Gasteiger partial charge in [-0.15, -0.1) is 26.6 Å². The van der Waals surface area contributed by atoms with Crippen molar-refractivity contribution >= 4 is 28.7 Å². The first-order valence-electron chi connectivity index (χ1n) is 12.1. The number of aryl methyl sites for hydroxylation is 2. The molecule has 1 unspecified atom stereocenters. The van der Waals surface area contributed by atoms with Crippen LogP contribution in [0.2, 0.25) is 0 Å². The van der Waals surface area contributed by atoms with E-state index in [-0.39, 0.29) is 17.9 Å². The number of rotatable bonds is 5. The monoisotopic (exact) mass is 472 g/mol. The number of hydrogen-bond donors (Lipinski definition) is 1. The van der Waals surface area contributed by atoms with Gasteiger partial charge in [-0.2, -0.15) is 4.52 Å². The van der Waals surface area contributed by atoms with Gasteiger partial charge in [0.1, 0.15) is 12.1 Å². The number of thiophene rings is 1. The molecule has 0 bridgehead atoms. The normalized spacial score (nSPS) is 17.5. The van der Waals surface area contributed by atoms with Crippen LogP contribution >= 0.6 is 11.3 Å². The van der Waals surface area contributed by atoms with E-state index in [1.165, 1.54) is 40.8 Å². The molecule has 3 aromatic heterocycles. The number of aromatic nitrogens is 4. The van der Waals surface area contributed by atoms with Crippen LogP contribution in [0.3, 0.4) is 0 Å². The zero-order chi connectivity index (χ0) is 22.9. The van der Waals surface area contributed by atoms with Crippen molar-refractivity contribution in [2.45, 2.75) is 44.6 Å². The van der Waals surface area contributed by atoms with E-state index >= 15 is 0 Å². The van der Waals surface area contributed by atoms with Crippen LogP contribution in [0.5, 0.6) is 0 Å². The lowest BCUT2D eigenvalue weighted by Crippen LogP contribution is -2.42. The van der Waals surface area contributed by atoms with Crippen LogP contribution in [0.1, 0.15) is 53.3 Å². The summed E-state index contributed by atoms with van der Waals surface area (Å²) >= 11 is 1.71. The summed E-state index contributed by atoms with van der Waals surface area (Å²) in [5.74, 6) is 1.06. The van der Waals surface area contributed by atoms with E-state index in [9.17, 15) is 4.79 Å². The van der Waals surface area contributed by atoms with Crippen molar-refractivity contribution in [1.29, 1.82) is 0 Å². The molecule has 8 heteroatoms. The Morgan fingerprint density at radius 3 is 2.74 bits per heavy atom. The van der Waals surface area contributed by atoms with E-state index < -0.39 is 0 Å². The summed E-state index contributed by atoms with van der Waals surface area (Å²) < 4.78 is 1.69. The molecular weight excluding hydrogens is 444 g/mol. The van der Waals surface area contributed by atoms with Gasteiger partial charge in [-0.05, 0) is 78.8 Å². The Hall–Kier alpha value is -3.26. The van der Waals surface area contributed by atoms with Gasteiger partial charge in [0, 0.05) is 23.9 Å². The lowest BCUT2D eigenvalue weighted by Gasteiger charge is -2.33. The predicted octanol–water partition coefficient (Wildman–Crippen LogP) is 4.19. The third kappa shape index (κ3) is 4.18. The van der Waals surface area contributed by atoms with Gasteiger partial charge in [-0.1, -0.05) is 24.3 Å². The van der Waals surface area contributed by atoms with Gasteiger partial charge in [0.2, 0.25) is 5.91 Å². The third-order valence-corrected chi connectivity index (χ3v) is 8.09. The Labute approximate surface area is 202 Å². The molecule has 6 rings (SSSR count). The SMILES string of the molecule is O=C(NC(c1ccc2c(c1)CCCC2)c1cccs1)C1CCN(c2ccc3nncn3n2)CC1. The van der Waals surface area contributed by atoms with Crippen molar-refractivity contribution in [3.63, 3.8) is 0 Å². The topological polar surface area (TPSA) is 75.4 Å². The molecule has 1 aliphatic carbocycles. The summed E-state index contributed by atoms with van der Waals surface area (Å²) in [6.07, 6.45) is 8.09. The minimum atomic E-state index is -0.0874. The van der Waals surface area contributed by atoms with Crippen molar-refractivity contribution < 1.29 is 4.79 Å². The molecule has 2 aliphatic rings. The number of nitrogens with zero attached hydrogens (tertiary/aromatic N) is 5. The van der Waals surface area contributed by atoms with Crippen LogP contribution < -0.4 is 10.2 Å². The quantitative estimate of drug-likeness (QED) is 0.472. The molecule has 7 nitrogen and oxygen atoms in total. The summed E-state index contributed by atoms with van der Waals surface area (Å²) in [4.78, 5) is 16.8. The zero-order valence-electron chi connectivity index (χ0n) is 19.1. The molecule has 1 aliphatic heterocycles. The fourth-order valence-electron chi connectivity index (χ4n) is 5.23. The van der Waals surface area contributed by atoms with Crippen LogP contribution in [0.4, 0.5) is 5.82 Å². The number of nitrogens with one attached hydrogen (secondary N) is 1. The number of piperidine rings is 1. The van der Waals surface area contributed by atoms with Gasteiger partial charge in [-0.3, -0.25) is 4.79 Å². The van der Waals surface area contributed by atoms with E-state index in [0.717, 1.165) is 43.8 Å². The molecule has 34 heavy (non-hydrogen) atoms. The number of anilines is 1. The molecule has 1 amide bonds. The van der Waals surface area contributed by atoms with Crippen LogP contribution in [0.25, 0.3) is 5.65 Å². The Morgan fingerprint density at radius 2 is 1.91 bits per heavy atom. The van der Waals surface area contributed by atoms with Gasteiger partial charge >= 0.3 is 0 Å². The highest BCUT2D eigenvalue weighted by Gasteiger charge is 2.29. The molecule has 1 atom stereocenters. The summed E-state index contributed by atoms with van der Waals surface area (Å²) in [6.45, 7) is 1.61. The van der Waals surface area contributed by atoms with Gasteiger partial charge < -0.3 is 10.2 Å². The Bertz CT molecular complexity index is 1290. The van der Waals surface area contributed by atoms with Crippen molar-refractivity contribution in [2.24, 2.45) is 5.92 Å². The average Bonchev–Trinajstić information content (AvgIpc) is 3.59. The number of hydrogen-bond acceptors (Lipinski definition) is 6. The van der Waals surface area contributed by atoms with Crippen molar-refractivity contribution in [2.75, 3.05) is 18.0 Å². The highest BCUT2D eigenvalue weighted by atomic mass is 32.1. The van der Waals surface area contributed by atoms with E-state index in [2.05, 4.69) is 61.2 Å². The fourth-order valence-corrected chi connectivity index (χ4v) is 6.03. The van der Waals surface area contributed by atoms with Gasteiger partial charge in [0.25, 0.3) is 0 Å². The number of fused-ring (bicyclic) bond motifs is 2. The number of amides is 1. The maximum atomic E-state index is 13.4. The molecule has 174 valence electrons. The number of carbonyl (C=O) groups is 1. The molecule has 1 aromatic carbocycles.